The van der Waals surface area contributed by atoms with Gasteiger partial charge in [0.15, 0.2) is 17.5 Å². The van der Waals surface area contributed by atoms with Crippen molar-refractivity contribution in [3.8, 4) is 45.7 Å². The number of ether oxygens (including phenoxy) is 1. The average molecular weight is 460 g/mol. The molecule has 0 aliphatic carbocycles. The maximum Gasteiger partial charge on any atom is 0.167 e. The van der Waals surface area contributed by atoms with Crippen molar-refractivity contribution in [1.82, 2.24) is 15.0 Å². The minimum atomic E-state index is 0.0477. The molecule has 4 aromatic carbocycles. The van der Waals surface area contributed by atoms with Crippen LogP contribution in [0.2, 0.25) is 0 Å². The highest BCUT2D eigenvalue weighted by molar-refractivity contribution is 5.70. The fourth-order valence-corrected chi connectivity index (χ4v) is 3.69. The molecule has 0 unspecified atom stereocenters. The molecule has 0 saturated heterocycles. The largest absolute Gasteiger partial charge is 0.507 e. The Labute approximate surface area is 204 Å². The summed E-state index contributed by atoms with van der Waals surface area (Å²) in [5.74, 6) is 2.12. The number of phenolic OH excluding ortho intramolecular Hbond substituents is 1. The van der Waals surface area contributed by atoms with Gasteiger partial charge in [-0.2, -0.15) is 0 Å². The number of hydrogen-bond acceptors (Lipinski definition) is 5. The predicted octanol–water partition coefficient (Wildman–Crippen LogP) is 6.77. The van der Waals surface area contributed by atoms with E-state index in [1.807, 2.05) is 98.8 Å². The van der Waals surface area contributed by atoms with Gasteiger partial charge in [0.05, 0.1) is 5.56 Å². The minimum Gasteiger partial charge on any atom is -0.507 e. The number of nitrogens with zero attached hydrogens (tertiary/aromatic N) is 3. The highest BCUT2D eigenvalue weighted by atomic mass is 16.5. The molecule has 0 atom stereocenters. The standard InChI is InChI=1S/C30H25N3O2/c1-20-8-12-23(13-9-20)28-31-29(24-14-10-21(2)11-15-24)33-30(32-28)26-17-16-25(18-27(26)34)35-19-22-6-4-3-5-7-22/h3-18,34H,19H2,1-2H3. The third kappa shape index (κ3) is 5.20. The van der Waals surface area contributed by atoms with E-state index in [0.717, 1.165) is 27.8 Å². The van der Waals surface area contributed by atoms with Crippen LogP contribution in [0.25, 0.3) is 34.2 Å². The lowest BCUT2D eigenvalue weighted by Gasteiger charge is -2.11. The van der Waals surface area contributed by atoms with E-state index >= 15 is 0 Å². The molecule has 5 heteroatoms. The van der Waals surface area contributed by atoms with Crippen molar-refractivity contribution >= 4 is 0 Å². The lowest BCUT2D eigenvalue weighted by molar-refractivity contribution is 0.304. The molecule has 1 aromatic heterocycles. The number of aryl methyl sites for hydroxylation is 2. The van der Waals surface area contributed by atoms with Crippen LogP contribution in [0.3, 0.4) is 0 Å². The van der Waals surface area contributed by atoms with Gasteiger partial charge in [-0.3, -0.25) is 0 Å². The minimum absolute atomic E-state index is 0.0477. The molecule has 1 heterocycles. The normalized spacial score (nSPS) is 10.8. The van der Waals surface area contributed by atoms with E-state index in [1.165, 1.54) is 0 Å². The highest BCUT2D eigenvalue weighted by Gasteiger charge is 2.15. The molecule has 0 fully saturated rings. The van der Waals surface area contributed by atoms with Gasteiger partial charge < -0.3 is 9.84 Å². The molecule has 0 bridgehead atoms. The molecule has 35 heavy (non-hydrogen) atoms. The third-order valence-electron chi connectivity index (χ3n) is 5.71. The lowest BCUT2D eigenvalue weighted by atomic mass is 10.1. The molecule has 172 valence electrons. The van der Waals surface area contributed by atoms with Gasteiger partial charge in [-0.05, 0) is 31.5 Å². The summed E-state index contributed by atoms with van der Waals surface area (Å²) in [4.78, 5) is 14.2. The van der Waals surface area contributed by atoms with Gasteiger partial charge in [0.25, 0.3) is 0 Å². The molecule has 0 amide bonds. The summed E-state index contributed by atoms with van der Waals surface area (Å²) in [6.45, 7) is 4.50. The van der Waals surface area contributed by atoms with Gasteiger partial charge in [0.2, 0.25) is 0 Å². The number of phenols is 1. The highest BCUT2D eigenvalue weighted by Crippen LogP contribution is 2.33. The first-order valence-corrected chi connectivity index (χ1v) is 11.5. The van der Waals surface area contributed by atoms with E-state index in [-0.39, 0.29) is 5.75 Å². The Morgan fingerprint density at radius 2 is 1.17 bits per heavy atom. The summed E-state index contributed by atoms with van der Waals surface area (Å²) in [5, 5.41) is 10.9. The maximum atomic E-state index is 10.9. The van der Waals surface area contributed by atoms with E-state index in [4.69, 9.17) is 19.7 Å². The van der Waals surface area contributed by atoms with Crippen LogP contribution >= 0.6 is 0 Å². The first kappa shape index (κ1) is 22.3. The second-order valence-corrected chi connectivity index (χ2v) is 8.49. The molecular formula is C30H25N3O2. The Morgan fingerprint density at radius 1 is 0.629 bits per heavy atom. The van der Waals surface area contributed by atoms with Crippen molar-refractivity contribution in [1.29, 1.82) is 0 Å². The lowest BCUT2D eigenvalue weighted by Crippen LogP contribution is -2.01. The summed E-state index contributed by atoms with van der Waals surface area (Å²) in [6.07, 6.45) is 0. The van der Waals surface area contributed by atoms with Crippen molar-refractivity contribution in [3.05, 3.63) is 114 Å². The molecule has 0 aliphatic heterocycles. The monoisotopic (exact) mass is 459 g/mol. The van der Waals surface area contributed by atoms with Crippen LogP contribution in [-0.2, 0) is 6.61 Å². The second kappa shape index (κ2) is 9.77. The van der Waals surface area contributed by atoms with E-state index in [1.54, 1.807) is 12.1 Å². The molecule has 5 nitrogen and oxygen atoms in total. The van der Waals surface area contributed by atoms with Gasteiger partial charge in [-0.25, -0.2) is 15.0 Å². The van der Waals surface area contributed by atoms with E-state index in [0.29, 0.717) is 35.4 Å². The van der Waals surface area contributed by atoms with Crippen molar-refractivity contribution < 1.29 is 9.84 Å². The molecule has 1 N–H and O–H groups in total. The van der Waals surface area contributed by atoms with E-state index in [9.17, 15) is 5.11 Å². The fraction of sp³-hybridized carbons (Fsp3) is 0.100. The van der Waals surface area contributed by atoms with Crippen molar-refractivity contribution in [3.63, 3.8) is 0 Å². The van der Waals surface area contributed by atoms with Crippen LogP contribution in [0.15, 0.2) is 97.1 Å². The van der Waals surface area contributed by atoms with Gasteiger partial charge >= 0.3 is 0 Å². The zero-order valence-electron chi connectivity index (χ0n) is 19.6. The average Bonchev–Trinajstić information content (AvgIpc) is 2.89. The molecule has 5 rings (SSSR count). The molecular weight excluding hydrogens is 434 g/mol. The summed E-state index contributed by atoms with van der Waals surface area (Å²) in [7, 11) is 0. The Bertz CT molecular complexity index is 1380. The van der Waals surface area contributed by atoms with Crippen molar-refractivity contribution in [2.45, 2.75) is 20.5 Å². The van der Waals surface area contributed by atoms with E-state index in [2.05, 4.69) is 0 Å². The number of benzene rings is 4. The summed E-state index contributed by atoms with van der Waals surface area (Å²) in [5.41, 5.74) is 5.65. The molecule has 5 aromatic rings. The Morgan fingerprint density at radius 3 is 1.71 bits per heavy atom. The Hall–Kier alpha value is -4.51. The SMILES string of the molecule is Cc1ccc(-c2nc(-c3ccc(C)cc3)nc(-c3ccc(OCc4ccccc4)cc3O)n2)cc1. The molecule has 0 spiro atoms. The van der Waals surface area contributed by atoms with Crippen LogP contribution in [0.4, 0.5) is 0 Å². The zero-order chi connectivity index (χ0) is 24.2. The van der Waals surface area contributed by atoms with Crippen molar-refractivity contribution in [2.24, 2.45) is 0 Å². The molecule has 0 saturated carbocycles. The Kier molecular flexibility index (Phi) is 6.22. The summed E-state index contributed by atoms with van der Waals surface area (Å²) < 4.78 is 5.86. The Balaban J connectivity index is 1.52. The quantitative estimate of drug-likeness (QED) is 0.303. The van der Waals surface area contributed by atoms with Gasteiger partial charge in [-0.1, -0.05) is 90.0 Å². The van der Waals surface area contributed by atoms with Gasteiger partial charge in [0.1, 0.15) is 18.1 Å². The topological polar surface area (TPSA) is 68.1 Å². The van der Waals surface area contributed by atoms with Crippen LogP contribution < -0.4 is 4.74 Å². The predicted molar refractivity (Wildman–Crippen MR) is 138 cm³/mol. The van der Waals surface area contributed by atoms with Crippen LogP contribution in [-0.4, -0.2) is 20.1 Å². The summed E-state index contributed by atoms with van der Waals surface area (Å²) in [6, 6.07) is 31.2. The summed E-state index contributed by atoms with van der Waals surface area (Å²) >= 11 is 0. The van der Waals surface area contributed by atoms with Crippen LogP contribution in [0, 0.1) is 13.8 Å². The fourth-order valence-electron chi connectivity index (χ4n) is 3.69. The number of hydrogen-bond donors (Lipinski definition) is 1. The number of rotatable bonds is 6. The van der Waals surface area contributed by atoms with Crippen LogP contribution in [0.5, 0.6) is 11.5 Å². The third-order valence-corrected chi connectivity index (χ3v) is 5.71. The smallest absolute Gasteiger partial charge is 0.167 e. The van der Waals surface area contributed by atoms with E-state index < -0.39 is 0 Å². The van der Waals surface area contributed by atoms with Crippen molar-refractivity contribution in [2.75, 3.05) is 0 Å². The first-order chi connectivity index (χ1) is 17.0. The number of aromatic nitrogens is 3. The van der Waals surface area contributed by atoms with Gasteiger partial charge in [0, 0.05) is 17.2 Å². The molecule has 0 radical (unpaired) electrons. The number of aromatic hydroxyl groups is 1. The first-order valence-electron chi connectivity index (χ1n) is 11.5. The zero-order valence-corrected chi connectivity index (χ0v) is 19.6. The molecule has 0 aliphatic rings. The second-order valence-electron chi connectivity index (χ2n) is 8.49. The van der Waals surface area contributed by atoms with Gasteiger partial charge in [-0.15, -0.1) is 0 Å². The maximum absolute atomic E-state index is 10.9. The van der Waals surface area contributed by atoms with Crippen LogP contribution in [0.1, 0.15) is 16.7 Å².